The van der Waals surface area contributed by atoms with E-state index in [0.717, 1.165) is 0 Å². The Balaban J connectivity index is 2.06. The summed E-state index contributed by atoms with van der Waals surface area (Å²) in [6.07, 6.45) is 0.707. The molecule has 0 aromatic rings. The Kier molecular flexibility index (Phi) is 5.38. The minimum absolute atomic E-state index is 0.106. The Labute approximate surface area is 130 Å². The molecule has 0 amide bonds. The van der Waals surface area contributed by atoms with Crippen molar-refractivity contribution >= 4 is 0 Å². The van der Waals surface area contributed by atoms with Gasteiger partial charge in [-0.15, -0.1) is 0 Å². The molecule has 2 rings (SSSR count). The molecule has 124 valence electrons. The molecule has 0 aromatic heterocycles. The zero-order valence-electron chi connectivity index (χ0n) is 15.0. The lowest BCUT2D eigenvalue weighted by atomic mass is 9.79. The third kappa shape index (κ3) is 3.30. The molecule has 0 radical (unpaired) electrons. The normalized spacial score (nSPS) is 55.4. The Morgan fingerprint density at radius 1 is 0.524 bits per heavy atom. The van der Waals surface area contributed by atoms with E-state index in [0.29, 0.717) is 35.7 Å². The van der Waals surface area contributed by atoms with Gasteiger partial charge in [0.2, 0.25) is 0 Å². The van der Waals surface area contributed by atoms with E-state index in [1.54, 1.807) is 0 Å². The second kappa shape index (κ2) is 6.55. The van der Waals surface area contributed by atoms with Gasteiger partial charge < -0.3 is 14.2 Å². The Hall–Kier alpha value is -0.120. The van der Waals surface area contributed by atoms with E-state index < -0.39 is 0 Å². The van der Waals surface area contributed by atoms with Crippen molar-refractivity contribution in [2.24, 2.45) is 29.6 Å². The van der Waals surface area contributed by atoms with E-state index in [2.05, 4.69) is 55.4 Å². The summed E-state index contributed by atoms with van der Waals surface area (Å²) < 4.78 is 18.6. The summed E-state index contributed by atoms with van der Waals surface area (Å²) in [5.41, 5.74) is 0. The van der Waals surface area contributed by atoms with Gasteiger partial charge in [0.1, 0.15) is 0 Å². The lowest BCUT2D eigenvalue weighted by Crippen LogP contribution is -2.53. The van der Waals surface area contributed by atoms with E-state index in [4.69, 9.17) is 14.2 Å². The predicted octanol–water partition coefficient (Wildman–Crippen LogP) is 4.10. The fourth-order valence-corrected chi connectivity index (χ4v) is 3.85. The summed E-state index contributed by atoms with van der Waals surface area (Å²) in [6, 6.07) is 0. The monoisotopic (exact) mass is 298 g/mol. The zero-order valence-corrected chi connectivity index (χ0v) is 15.0. The minimum atomic E-state index is -0.106. The Morgan fingerprint density at radius 2 is 1.05 bits per heavy atom. The molecule has 2 aliphatic rings. The molecule has 3 heteroatoms. The molecule has 2 aliphatic heterocycles. The van der Waals surface area contributed by atoms with Gasteiger partial charge in [0, 0.05) is 5.92 Å². The fraction of sp³-hybridized carbons (Fsp3) is 1.00. The van der Waals surface area contributed by atoms with Crippen LogP contribution in [0.15, 0.2) is 0 Å². The Morgan fingerprint density at radius 3 is 1.67 bits per heavy atom. The van der Waals surface area contributed by atoms with Gasteiger partial charge in [0.25, 0.3) is 0 Å². The van der Waals surface area contributed by atoms with Crippen molar-refractivity contribution in [1.82, 2.24) is 0 Å². The van der Waals surface area contributed by atoms with Crippen LogP contribution in [-0.4, -0.2) is 30.7 Å². The molecule has 0 bridgehead atoms. The summed E-state index contributed by atoms with van der Waals surface area (Å²) in [4.78, 5) is 0. The fourth-order valence-electron chi connectivity index (χ4n) is 3.85. The maximum atomic E-state index is 6.43. The van der Waals surface area contributed by atoms with Crippen LogP contribution in [0.1, 0.15) is 55.4 Å². The minimum Gasteiger partial charge on any atom is -0.373 e. The maximum Gasteiger partial charge on any atom is 0.161 e. The van der Waals surface area contributed by atoms with Crippen LogP contribution in [0.2, 0.25) is 0 Å². The van der Waals surface area contributed by atoms with Gasteiger partial charge in [0.05, 0.1) is 24.4 Å². The van der Waals surface area contributed by atoms with Crippen LogP contribution < -0.4 is 0 Å². The molecule has 3 nitrogen and oxygen atoms in total. The standard InChI is InChI=1S/C18H34O3/c1-9-10(2)15(7)20-18(13(9)5)21-17-12(4)11(3)14(6)19-16(17)8/h9-18H,1-8H3/t9-,10+,11+,12-,13?,14?,15?,16-,17?,18-/m0/s1. The summed E-state index contributed by atoms with van der Waals surface area (Å²) in [5, 5.41) is 0. The first-order valence-corrected chi connectivity index (χ1v) is 8.70. The molecule has 21 heavy (non-hydrogen) atoms. The lowest BCUT2D eigenvalue weighted by molar-refractivity contribution is -0.294. The van der Waals surface area contributed by atoms with Gasteiger partial charge >= 0.3 is 0 Å². The van der Waals surface area contributed by atoms with E-state index >= 15 is 0 Å². The largest absolute Gasteiger partial charge is 0.373 e. The number of ether oxygens (including phenoxy) is 3. The first-order chi connectivity index (χ1) is 9.73. The van der Waals surface area contributed by atoms with Crippen molar-refractivity contribution in [3.63, 3.8) is 0 Å². The van der Waals surface area contributed by atoms with Crippen molar-refractivity contribution in [3.05, 3.63) is 0 Å². The number of hydrogen-bond donors (Lipinski definition) is 0. The molecule has 2 fully saturated rings. The van der Waals surface area contributed by atoms with Crippen molar-refractivity contribution in [3.8, 4) is 0 Å². The Bertz CT molecular complexity index is 345. The molecule has 2 saturated heterocycles. The summed E-state index contributed by atoms with van der Waals surface area (Å²) in [5.74, 6) is 2.62. The second-order valence-electron chi connectivity index (χ2n) is 7.65. The molecular formula is C18H34O3. The van der Waals surface area contributed by atoms with Crippen LogP contribution in [0.4, 0.5) is 0 Å². The van der Waals surface area contributed by atoms with Gasteiger partial charge in [0.15, 0.2) is 6.29 Å². The molecule has 0 saturated carbocycles. The SMILES string of the molecule is CC1[C@H](OC2[C@H](C)OC(C)[C@H](C)[C@@H]2C)OC(C)[C@H](C)[C@@H]1C. The topological polar surface area (TPSA) is 27.7 Å². The summed E-state index contributed by atoms with van der Waals surface area (Å²) in [6.45, 7) is 17.9. The second-order valence-corrected chi connectivity index (χ2v) is 7.65. The van der Waals surface area contributed by atoms with Gasteiger partial charge in [-0.05, 0) is 44.4 Å². The van der Waals surface area contributed by atoms with Crippen molar-refractivity contribution in [1.29, 1.82) is 0 Å². The van der Waals surface area contributed by atoms with E-state index in [9.17, 15) is 0 Å². The molecule has 0 spiro atoms. The highest BCUT2D eigenvalue weighted by molar-refractivity contribution is 4.88. The summed E-state index contributed by atoms with van der Waals surface area (Å²) in [7, 11) is 0. The first kappa shape index (κ1) is 17.2. The van der Waals surface area contributed by atoms with Crippen molar-refractivity contribution in [2.45, 2.75) is 86.1 Å². The average molecular weight is 298 g/mol. The predicted molar refractivity (Wildman–Crippen MR) is 85.0 cm³/mol. The molecule has 0 aliphatic carbocycles. The highest BCUT2D eigenvalue weighted by Gasteiger charge is 2.43. The van der Waals surface area contributed by atoms with E-state index in [-0.39, 0.29) is 24.6 Å². The zero-order chi connectivity index (χ0) is 15.9. The number of hydrogen-bond acceptors (Lipinski definition) is 3. The quantitative estimate of drug-likeness (QED) is 0.768. The molecule has 0 aromatic carbocycles. The van der Waals surface area contributed by atoms with Gasteiger partial charge in [-0.2, -0.15) is 0 Å². The van der Waals surface area contributed by atoms with Crippen LogP contribution in [0.3, 0.4) is 0 Å². The van der Waals surface area contributed by atoms with Gasteiger partial charge in [-0.1, -0.05) is 34.6 Å². The van der Waals surface area contributed by atoms with Crippen LogP contribution in [-0.2, 0) is 14.2 Å². The van der Waals surface area contributed by atoms with E-state index in [1.807, 2.05) is 0 Å². The maximum absolute atomic E-state index is 6.43. The van der Waals surface area contributed by atoms with Crippen LogP contribution in [0.5, 0.6) is 0 Å². The molecule has 4 unspecified atom stereocenters. The molecule has 0 N–H and O–H groups in total. The lowest BCUT2D eigenvalue weighted by Gasteiger charge is -2.47. The highest BCUT2D eigenvalue weighted by Crippen LogP contribution is 2.39. The van der Waals surface area contributed by atoms with Crippen LogP contribution in [0, 0.1) is 29.6 Å². The third-order valence-corrected chi connectivity index (χ3v) is 6.45. The van der Waals surface area contributed by atoms with E-state index in [1.165, 1.54) is 0 Å². The third-order valence-electron chi connectivity index (χ3n) is 6.45. The first-order valence-electron chi connectivity index (χ1n) is 8.70. The molecule has 10 atom stereocenters. The van der Waals surface area contributed by atoms with Crippen LogP contribution >= 0.6 is 0 Å². The van der Waals surface area contributed by atoms with Crippen molar-refractivity contribution < 1.29 is 14.2 Å². The molecule has 2 heterocycles. The summed E-state index contributed by atoms with van der Waals surface area (Å²) >= 11 is 0. The van der Waals surface area contributed by atoms with Crippen LogP contribution in [0.25, 0.3) is 0 Å². The van der Waals surface area contributed by atoms with Gasteiger partial charge in [-0.3, -0.25) is 0 Å². The van der Waals surface area contributed by atoms with Crippen molar-refractivity contribution in [2.75, 3.05) is 0 Å². The highest BCUT2D eigenvalue weighted by atomic mass is 16.7. The number of rotatable bonds is 2. The van der Waals surface area contributed by atoms with Gasteiger partial charge in [-0.25, -0.2) is 0 Å². The smallest absolute Gasteiger partial charge is 0.161 e. The average Bonchev–Trinajstić information content (AvgIpc) is 2.44. The molecular weight excluding hydrogens is 264 g/mol.